The van der Waals surface area contributed by atoms with E-state index in [1.54, 1.807) is 7.05 Å². The van der Waals surface area contributed by atoms with Crippen LogP contribution in [0.1, 0.15) is 0 Å². The predicted molar refractivity (Wildman–Crippen MR) is 50.0 cm³/mol. The first kappa shape index (κ1) is 7.66. The molecule has 0 amide bonds. The Morgan fingerprint density at radius 3 is 2.77 bits per heavy atom. The molecule has 0 saturated carbocycles. The van der Waals surface area contributed by atoms with Crippen molar-refractivity contribution < 1.29 is 0 Å². The summed E-state index contributed by atoms with van der Waals surface area (Å²) in [6.45, 7) is 0. The fourth-order valence-electron chi connectivity index (χ4n) is 0.967. The molecule has 13 heavy (non-hydrogen) atoms. The van der Waals surface area contributed by atoms with Crippen molar-refractivity contribution >= 4 is 17.7 Å². The van der Waals surface area contributed by atoms with Gasteiger partial charge in [0.05, 0.1) is 0 Å². The molecule has 2 aromatic heterocycles. The summed E-state index contributed by atoms with van der Waals surface area (Å²) in [4.78, 5) is 5.93. The molecule has 0 aromatic carbocycles. The molecule has 0 aliphatic rings. The molecule has 0 radical (unpaired) electrons. The minimum atomic E-state index is 0.604. The highest BCUT2D eigenvalue weighted by Crippen LogP contribution is 2.09. The third-order valence-corrected chi connectivity index (χ3v) is 1.57. The number of nitrogens with one attached hydrogen (secondary N) is 4. The van der Waals surface area contributed by atoms with Gasteiger partial charge in [0.25, 0.3) is 0 Å². The Morgan fingerprint density at radius 1 is 1.31 bits per heavy atom. The standard InChI is InChI=1S/C7H10N6/c1-8-6-11-7(13-12-6)10-5-3-2-4-9-5/h2-4,9H,1H3,(H3,8,10,11,12,13). The van der Waals surface area contributed by atoms with Gasteiger partial charge in [-0.05, 0) is 12.1 Å². The molecule has 0 saturated heterocycles. The van der Waals surface area contributed by atoms with E-state index in [0.29, 0.717) is 11.9 Å². The Kier molecular flexibility index (Phi) is 1.87. The van der Waals surface area contributed by atoms with Gasteiger partial charge in [0.2, 0.25) is 11.9 Å². The lowest BCUT2D eigenvalue weighted by molar-refractivity contribution is 1.09. The van der Waals surface area contributed by atoms with E-state index in [9.17, 15) is 0 Å². The summed E-state index contributed by atoms with van der Waals surface area (Å²) >= 11 is 0. The molecule has 6 nitrogen and oxygen atoms in total. The van der Waals surface area contributed by atoms with E-state index in [2.05, 4.69) is 30.8 Å². The second-order valence-electron chi connectivity index (χ2n) is 2.48. The Labute approximate surface area is 74.8 Å². The zero-order valence-corrected chi connectivity index (χ0v) is 7.13. The quantitative estimate of drug-likeness (QED) is 0.563. The molecule has 0 fully saturated rings. The number of nitrogens with zero attached hydrogens (tertiary/aromatic N) is 2. The Balaban J connectivity index is 2.10. The monoisotopic (exact) mass is 178 g/mol. The fraction of sp³-hybridized carbons (Fsp3) is 0.143. The van der Waals surface area contributed by atoms with Gasteiger partial charge in [-0.3, -0.25) is 4.98 Å². The van der Waals surface area contributed by atoms with Crippen LogP contribution in [-0.2, 0) is 0 Å². The predicted octanol–water partition coefficient (Wildman–Crippen LogP) is 0.918. The van der Waals surface area contributed by atoms with Gasteiger partial charge >= 0.3 is 0 Å². The van der Waals surface area contributed by atoms with Crippen LogP contribution in [0.3, 0.4) is 0 Å². The average Bonchev–Trinajstić information content (AvgIpc) is 2.76. The lowest BCUT2D eigenvalue weighted by atomic mass is 10.6. The molecule has 2 heterocycles. The Bertz CT molecular complexity index is 362. The molecule has 68 valence electrons. The number of hydrogen-bond acceptors (Lipinski definition) is 4. The maximum atomic E-state index is 3.86. The molecule has 0 unspecified atom stereocenters. The molecular formula is C7H10N6. The highest BCUT2D eigenvalue weighted by atomic mass is 15.3. The van der Waals surface area contributed by atoms with Crippen molar-refractivity contribution in [1.82, 2.24) is 20.2 Å². The van der Waals surface area contributed by atoms with Gasteiger partial charge in [-0.25, -0.2) is 0 Å². The van der Waals surface area contributed by atoms with Crippen LogP contribution in [0.5, 0.6) is 0 Å². The van der Waals surface area contributed by atoms with E-state index in [4.69, 9.17) is 0 Å². The van der Waals surface area contributed by atoms with Crippen LogP contribution in [0.4, 0.5) is 17.7 Å². The smallest absolute Gasteiger partial charge is 0.228 e. The van der Waals surface area contributed by atoms with Crippen LogP contribution in [0.25, 0.3) is 0 Å². The van der Waals surface area contributed by atoms with E-state index in [0.717, 1.165) is 5.82 Å². The molecule has 0 spiro atoms. The van der Waals surface area contributed by atoms with E-state index >= 15 is 0 Å². The summed E-state index contributed by atoms with van der Waals surface area (Å²) in [5, 5.41) is 13.5. The van der Waals surface area contributed by atoms with Crippen LogP contribution < -0.4 is 10.6 Å². The van der Waals surface area contributed by atoms with Crippen LogP contribution in [-0.4, -0.2) is 27.2 Å². The molecule has 0 aliphatic carbocycles. The van der Waals surface area contributed by atoms with Gasteiger partial charge < -0.3 is 15.6 Å². The zero-order valence-electron chi connectivity index (χ0n) is 7.13. The third kappa shape index (κ3) is 1.61. The van der Waals surface area contributed by atoms with Crippen molar-refractivity contribution in [3.8, 4) is 0 Å². The number of anilines is 3. The molecule has 0 aliphatic heterocycles. The topological polar surface area (TPSA) is 81.4 Å². The first-order valence-electron chi connectivity index (χ1n) is 3.89. The molecule has 4 N–H and O–H groups in total. The van der Waals surface area contributed by atoms with E-state index in [1.165, 1.54) is 0 Å². The van der Waals surface area contributed by atoms with E-state index in [1.807, 2.05) is 18.3 Å². The summed E-state index contributed by atoms with van der Waals surface area (Å²) in [5.41, 5.74) is 0. The van der Waals surface area contributed by atoms with Crippen molar-refractivity contribution in [2.45, 2.75) is 0 Å². The molecule has 0 atom stereocenters. The summed E-state index contributed by atoms with van der Waals surface area (Å²) in [6, 6.07) is 3.80. The van der Waals surface area contributed by atoms with Gasteiger partial charge in [-0.15, -0.1) is 10.2 Å². The lowest BCUT2D eigenvalue weighted by Crippen LogP contribution is -1.92. The van der Waals surface area contributed by atoms with Crippen molar-refractivity contribution in [1.29, 1.82) is 0 Å². The molecule has 2 aromatic rings. The maximum Gasteiger partial charge on any atom is 0.228 e. The van der Waals surface area contributed by atoms with E-state index in [-0.39, 0.29) is 0 Å². The van der Waals surface area contributed by atoms with Crippen molar-refractivity contribution in [2.24, 2.45) is 0 Å². The van der Waals surface area contributed by atoms with Crippen molar-refractivity contribution in [2.75, 3.05) is 17.7 Å². The summed E-state index contributed by atoms with van der Waals surface area (Å²) in [6.07, 6.45) is 1.83. The van der Waals surface area contributed by atoms with Gasteiger partial charge in [0, 0.05) is 13.2 Å². The van der Waals surface area contributed by atoms with Crippen molar-refractivity contribution in [3.05, 3.63) is 18.3 Å². The van der Waals surface area contributed by atoms with E-state index < -0.39 is 0 Å². The summed E-state index contributed by atoms with van der Waals surface area (Å²) in [7, 11) is 1.78. The zero-order chi connectivity index (χ0) is 9.10. The van der Waals surface area contributed by atoms with Crippen LogP contribution in [0.15, 0.2) is 18.3 Å². The SMILES string of the molecule is CNc1nnc(Nc2ccc[nH]2)[nH]1. The average molecular weight is 178 g/mol. The number of aromatic nitrogens is 4. The summed E-state index contributed by atoms with van der Waals surface area (Å²) in [5.74, 6) is 2.11. The number of rotatable bonds is 3. The normalized spacial score (nSPS) is 9.92. The van der Waals surface area contributed by atoms with Crippen LogP contribution in [0, 0.1) is 0 Å². The van der Waals surface area contributed by atoms with Crippen LogP contribution in [0.2, 0.25) is 0 Å². The largest absolute Gasteiger partial charge is 0.358 e. The Hall–Kier alpha value is -1.98. The number of aromatic amines is 2. The minimum absolute atomic E-state index is 0.604. The van der Waals surface area contributed by atoms with Crippen molar-refractivity contribution in [3.63, 3.8) is 0 Å². The summed E-state index contributed by atoms with van der Waals surface area (Å²) < 4.78 is 0. The molecule has 2 rings (SSSR count). The Morgan fingerprint density at radius 2 is 2.15 bits per heavy atom. The first-order chi connectivity index (χ1) is 6.38. The maximum absolute atomic E-state index is 3.86. The first-order valence-corrected chi connectivity index (χ1v) is 3.89. The molecular weight excluding hydrogens is 168 g/mol. The highest BCUT2D eigenvalue weighted by molar-refractivity contribution is 5.48. The number of hydrogen-bond donors (Lipinski definition) is 4. The second kappa shape index (κ2) is 3.18. The third-order valence-electron chi connectivity index (χ3n) is 1.57. The van der Waals surface area contributed by atoms with Crippen LogP contribution >= 0.6 is 0 Å². The molecule has 0 bridgehead atoms. The van der Waals surface area contributed by atoms with Gasteiger partial charge in [0.1, 0.15) is 5.82 Å². The van der Waals surface area contributed by atoms with Gasteiger partial charge in [-0.2, -0.15) is 0 Å². The minimum Gasteiger partial charge on any atom is -0.358 e. The van der Waals surface area contributed by atoms with Gasteiger partial charge in [0.15, 0.2) is 0 Å². The van der Waals surface area contributed by atoms with Gasteiger partial charge in [-0.1, -0.05) is 0 Å². The molecule has 6 heteroatoms. The fourth-order valence-corrected chi connectivity index (χ4v) is 0.967. The number of H-pyrrole nitrogens is 2. The second-order valence-corrected chi connectivity index (χ2v) is 2.48. The highest BCUT2D eigenvalue weighted by Gasteiger charge is 2.00. The lowest BCUT2D eigenvalue weighted by Gasteiger charge is -1.96.